The molecule has 0 unspecified atom stereocenters. The maximum Gasteiger partial charge on any atom is 0.265 e. The van der Waals surface area contributed by atoms with E-state index in [0.29, 0.717) is 15.9 Å². The standard InChI is InChI=1S/C20H18BrNO3S2/c1-25-19-12-9-16(21)13-20(19)27(23,24)22-17-10-7-15(8-11-17)14-26-18-5-3-2-4-6-18/h2-13,22H,14H2,1H3. The molecule has 0 fully saturated rings. The van der Waals surface area contributed by atoms with E-state index in [1.54, 1.807) is 36.0 Å². The third-order valence-electron chi connectivity index (χ3n) is 3.77. The molecule has 0 amide bonds. The number of methoxy groups -OCH3 is 1. The van der Waals surface area contributed by atoms with Gasteiger partial charge in [0.1, 0.15) is 10.6 Å². The third-order valence-corrected chi connectivity index (χ3v) is 6.75. The summed E-state index contributed by atoms with van der Waals surface area (Å²) in [6.07, 6.45) is 0. The molecule has 7 heteroatoms. The molecular weight excluding hydrogens is 446 g/mol. The van der Waals surface area contributed by atoms with Gasteiger partial charge in [-0.1, -0.05) is 46.3 Å². The predicted molar refractivity (Wildman–Crippen MR) is 114 cm³/mol. The minimum absolute atomic E-state index is 0.0862. The number of hydrogen-bond acceptors (Lipinski definition) is 4. The molecule has 0 atom stereocenters. The van der Waals surface area contributed by atoms with Crippen LogP contribution in [-0.2, 0) is 15.8 Å². The van der Waals surface area contributed by atoms with E-state index >= 15 is 0 Å². The van der Waals surface area contributed by atoms with Crippen LogP contribution in [0.15, 0.2) is 87.1 Å². The smallest absolute Gasteiger partial charge is 0.265 e. The fraction of sp³-hybridized carbons (Fsp3) is 0.100. The number of thioether (sulfide) groups is 1. The highest BCUT2D eigenvalue weighted by molar-refractivity contribution is 9.10. The quantitative estimate of drug-likeness (QED) is 0.466. The largest absolute Gasteiger partial charge is 0.495 e. The van der Waals surface area contributed by atoms with E-state index in [2.05, 4.69) is 32.8 Å². The zero-order valence-corrected chi connectivity index (χ0v) is 17.8. The first-order valence-electron chi connectivity index (χ1n) is 8.11. The summed E-state index contributed by atoms with van der Waals surface area (Å²) in [5.41, 5.74) is 1.62. The van der Waals surface area contributed by atoms with E-state index < -0.39 is 10.0 Å². The van der Waals surface area contributed by atoms with Crippen molar-refractivity contribution in [2.24, 2.45) is 0 Å². The van der Waals surface area contributed by atoms with Crippen LogP contribution in [0.3, 0.4) is 0 Å². The van der Waals surface area contributed by atoms with Crippen molar-refractivity contribution in [3.05, 3.63) is 82.8 Å². The summed E-state index contributed by atoms with van der Waals surface area (Å²) in [5.74, 6) is 1.11. The third kappa shape index (κ3) is 5.28. The Morgan fingerprint density at radius 3 is 2.37 bits per heavy atom. The van der Waals surface area contributed by atoms with Gasteiger partial charge in [-0.3, -0.25) is 4.72 Å². The van der Waals surface area contributed by atoms with Crippen LogP contribution >= 0.6 is 27.7 Å². The minimum Gasteiger partial charge on any atom is -0.495 e. The van der Waals surface area contributed by atoms with Crippen LogP contribution in [0.25, 0.3) is 0 Å². The Morgan fingerprint density at radius 2 is 1.70 bits per heavy atom. The fourth-order valence-corrected chi connectivity index (χ4v) is 5.07. The van der Waals surface area contributed by atoms with Gasteiger partial charge in [-0.05, 0) is 48.0 Å². The Balaban J connectivity index is 1.71. The molecule has 0 radical (unpaired) electrons. The Kier molecular flexibility index (Phi) is 6.46. The number of sulfonamides is 1. The average Bonchev–Trinajstić information content (AvgIpc) is 2.68. The Morgan fingerprint density at radius 1 is 1.00 bits per heavy atom. The maximum atomic E-state index is 12.7. The van der Waals surface area contributed by atoms with Gasteiger partial charge in [0, 0.05) is 20.8 Å². The van der Waals surface area contributed by atoms with Crippen molar-refractivity contribution in [1.29, 1.82) is 0 Å². The van der Waals surface area contributed by atoms with Gasteiger partial charge in [0.25, 0.3) is 10.0 Å². The first-order valence-corrected chi connectivity index (χ1v) is 11.4. The van der Waals surface area contributed by atoms with Crippen molar-refractivity contribution in [3.8, 4) is 5.75 Å². The van der Waals surface area contributed by atoms with Crippen molar-refractivity contribution in [2.75, 3.05) is 11.8 Å². The molecule has 0 spiro atoms. The number of rotatable bonds is 7. The number of halogens is 1. The lowest BCUT2D eigenvalue weighted by atomic mass is 10.2. The number of anilines is 1. The number of hydrogen-bond donors (Lipinski definition) is 1. The van der Waals surface area contributed by atoms with Gasteiger partial charge in [-0.2, -0.15) is 0 Å². The summed E-state index contributed by atoms with van der Waals surface area (Å²) in [6.45, 7) is 0. The van der Waals surface area contributed by atoms with Crippen molar-refractivity contribution in [1.82, 2.24) is 0 Å². The van der Waals surface area contributed by atoms with Gasteiger partial charge in [0.2, 0.25) is 0 Å². The summed E-state index contributed by atoms with van der Waals surface area (Å²) < 4.78 is 33.9. The van der Waals surface area contributed by atoms with E-state index in [-0.39, 0.29) is 4.90 Å². The zero-order chi connectivity index (χ0) is 19.3. The first kappa shape index (κ1) is 19.8. The molecule has 0 aliphatic carbocycles. The van der Waals surface area contributed by atoms with Gasteiger partial charge >= 0.3 is 0 Å². The molecule has 0 aliphatic rings. The normalized spacial score (nSPS) is 11.2. The van der Waals surface area contributed by atoms with E-state index in [4.69, 9.17) is 4.74 Å². The van der Waals surface area contributed by atoms with Gasteiger partial charge in [-0.15, -0.1) is 11.8 Å². The van der Waals surface area contributed by atoms with Crippen molar-refractivity contribution < 1.29 is 13.2 Å². The highest BCUT2D eigenvalue weighted by Crippen LogP contribution is 2.29. The van der Waals surface area contributed by atoms with Crippen LogP contribution < -0.4 is 9.46 Å². The lowest BCUT2D eigenvalue weighted by molar-refractivity contribution is 0.403. The van der Waals surface area contributed by atoms with E-state index in [1.165, 1.54) is 18.1 Å². The Labute approximate surface area is 172 Å². The van der Waals surface area contributed by atoms with Crippen LogP contribution in [0.1, 0.15) is 5.56 Å². The second-order valence-corrected chi connectivity index (χ2v) is 9.31. The van der Waals surface area contributed by atoms with Crippen LogP contribution in [0.4, 0.5) is 5.69 Å². The van der Waals surface area contributed by atoms with E-state index in [1.807, 2.05) is 30.3 Å². The lowest BCUT2D eigenvalue weighted by Crippen LogP contribution is -2.14. The predicted octanol–water partition coefficient (Wildman–Crippen LogP) is 5.55. The second-order valence-electron chi connectivity index (χ2n) is 5.70. The lowest BCUT2D eigenvalue weighted by Gasteiger charge is -2.12. The van der Waals surface area contributed by atoms with E-state index in [0.717, 1.165) is 11.3 Å². The van der Waals surface area contributed by atoms with Crippen molar-refractivity contribution in [2.45, 2.75) is 15.5 Å². The van der Waals surface area contributed by atoms with Gasteiger partial charge < -0.3 is 4.74 Å². The Hall–Kier alpha value is -1.96. The topological polar surface area (TPSA) is 55.4 Å². The summed E-state index contributed by atoms with van der Waals surface area (Å²) >= 11 is 5.03. The molecule has 3 aromatic rings. The minimum atomic E-state index is -3.76. The van der Waals surface area contributed by atoms with Crippen molar-refractivity contribution >= 4 is 43.4 Å². The summed E-state index contributed by atoms with van der Waals surface area (Å²) in [6, 6.07) is 22.4. The van der Waals surface area contributed by atoms with E-state index in [9.17, 15) is 8.42 Å². The second kappa shape index (κ2) is 8.82. The number of benzene rings is 3. The molecule has 0 heterocycles. The van der Waals surface area contributed by atoms with Crippen LogP contribution in [0.5, 0.6) is 5.75 Å². The fourth-order valence-electron chi connectivity index (χ4n) is 2.42. The van der Waals surface area contributed by atoms with Gasteiger partial charge in [-0.25, -0.2) is 8.42 Å². The molecular formula is C20H18BrNO3S2. The van der Waals surface area contributed by atoms with Crippen LogP contribution in [0, 0.1) is 0 Å². The van der Waals surface area contributed by atoms with Gasteiger partial charge in [0.05, 0.1) is 7.11 Å². The number of ether oxygens (including phenoxy) is 1. The Bertz CT molecular complexity index is 1010. The van der Waals surface area contributed by atoms with Crippen LogP contribution in [0.2, 0.25) is 0 Å². The molecule has 0 aromatic heterocycles. The number of nitrogens with one attached hydrogen (secondary N) is 1. The molecule has 3 rings (SSSR count). The molecule has 0 bridgehead atoms. The highest BCUT2D eigenvalue weighted by atomic mass is 79.9. The van der Waals surface area contributed by atoms with Crippen LogP contribution in [-0.4, -0.2) is 15.5 Å². The summed E-state index contributed by atoms with van der Waals surface area (Å²) in [4.78, 5) is 1.28. The molecule has 140 valence electrons. The SMILES string of the molecule is COc1ccc(Br)cc1S(=O)(=O)Nc1ccc(CSc2ccccc2)cc1. The first-order chi connectivity index (χ1) is 13.0. The molecule has 0 aliphatic heterocycles. The average molecular weight is 464 g/mol. The molecule has 27 heavy (non-hydrogen) atoms. The molecule has 0 saturated heterocycles. The molecule has 3 aromatic carbocycles. The monoisotopic (exact) mass is 463 g/mol. The maximum absolute atomic E-state index is 12.7. The summed E-state index contributed by atoms with van der Waals surface area (Å²) in [7, 11) is -2.31. The van der Waals surface area contributed by atoms with Gasteiger partial charge in [0.15, 0.2) is 0 Å². The summed E-state index contributed by atoms with van der Waals surface area (Å²) in [5, 5.41) is 0. The highest BCUT2D eigenvalue weighted by Gasteiger charge is 2.20. The molecule has 1 N–H and O–H groups in total. The molecule has 0 saturated carbocycles. The van der Waals surface area contributed by atoms with Crippen molar-refractivity contribution in [3.63, 3.8) is 0 Å². The zero-order valence-electron chi connectivity index (χ0n) is 14.6. The molecule has 4 nitrogen and oxygen atoms in total.